The number of hydrogen-bond acceptors (Lipinski definition) is 3. The molecule has 0 fully saturated rings. The Morgan fingerprint density at radius 3 is 2.45 bits per heavy atom. The molecule has 118 valence electrons. The second-order valence-corrected chi connectivity index (χ2v) is 6.42. The number of halogens is 2. The van der Waals surface area contributed by atoms with Crippen LogP contribution >= 0.6 is 23.2 Å². The van der Waals surface area contributed by atoms with E-state index in [0.29, 0.717) is 28.5 Å². The maximum absolute atomic E-state index is 12.4. The Bertz CT molecular complexity index is 647. The van der Waals surface area contributed by atoms with Crippen molar-refractivity contribution in [2.24, 2.45) is 5.92 Å². The van der Waals surface area contributed by atoms with Crippen molar-refractivity contribution in [1.82, 2.24) is 5.16 Å². The van der Waals surface area contributed by atoms with E-state index in [0.717, 1.165) is 12.0 Å². The van der Waals surface area contributed by atoms with Crippen molar-refractivity contribution in [2.45, 2.75) is 39.0 Å². The number of rotatable bonds is 6. The normalized spacial score (nSPS) is 12.6. The molecule has 5 heteroatoms. The number of aryl methyl sites for hydroxylation is 1. The zero-order chi connectivity index (χ0) is 16.3. The van der Waals surface area contributed by atoms with Gasteiger partial charge in [-0.25, -0.2) is 0 Å². The van der Waals surface area contributed by atoms with Crippen molar-refractivity contribution < 1.29 is 9.32 Å². The van der Waals surface area contributed by atoms with Gasteiger partial charge >= 0.3 is 0 Å². The molecule has 0 aliphatic rings. The summed E-state index contributed by atoms with van der Waals surface area (Å²) in [6.07, 6.45) is 1.59. The fourth-order valence-corrected chi connectivity index (χ4v) is 2.75. The second kappa shape index (κ2) is 7.30. The maximum Gasteiger partial charge on any atom is 0.187 e. The molecular weight excluding hydrogens is 321 g/mol. The number of hydrogen-bond donors (Lipinski definition) is 0. The predicted molar refractivity (Wildman–Crippen MR) is 88.8 cm³/mol. The summed E-state index contributed by atoms with van der Waals surface area (Å²) < 4.78 is 5.39. The smallest absolute Gasteiger partial charge is 0.187 e. The lowest BCUT2D eigenvalue weighted by atomic mass is 9.95. The first-order chi connectivity index (χ1) is 10.5. The van der Waals surface area contributed by atoms with Gasteiger partial charge in [0.15, 0.2) is 11.5 Å². The SMILES string of the molecule is CCCc1onc(C(=O)C(C)C)c1C(Cl)c1ccc(Cl)cc1. The molecule has 0 saturated heterocycles. The molecular formula is C17H19Cl2NO2. The van der Waals surface area contributed by atoms with Crippen molar-refractivity contribution in [3.8, 4) is 0 Å². The molecule has 1 heterocycles. The van der Waals surface area contributed by atoms with E-state index >= 15 is 0 Å². The van der Waals surface area contributed by atoms with Gasteiger partial charge in [-0.15, -0.1) is 11.6 Å². The molecule has 2 aromatic rings. The molecule has 0 aliphatic heterocycles. The quantitative estimate of drug-likeness (QED) is 0.519. The third kappa shape index (κ3) is 3.53. The minimum absolute atomic E-state index is 0.0549. The van der Waals surface area contributed by atoms with Crippen LogP contribution in [0.1, 0.15) is 59.9 Å². The van der Waals surface area contributed by atoms with Crippen molar-refractivity contribution in [3.05, 3.63) is 51.9 Å². The van der Waals surface area contributed by atoms with Crippen LogP contribution in [0.15, 0.2) is 28.8 Å². The second-order valence-electron chi connectivity index (χ2n) is 5.55. The molecule has 2 rings (SSSR count). The summed E-state index contributed by atoms with van der Waals surface area (Å²) in [6, 6.07) is 7.27. The summed E-state index contributed by atoms with van der Waals surface area (Å²) in [5, 5.41) is 4.15. The summed E-state index contributed by atoms with van der Waals surface area (Å²) in [5.74, 6) is 0.467. The van der Waals surface area contributed by atoms with Gasteiger partial charge in [-0.2, -0.15) is 0 Å². The number of nitrogens with zero attached hydrogens (tertiary/aromatic N) is 1. The molecule has 0 saturated carbocycles. The number of aromatic nitrogens is 1. The molecule has 1 atom stereocenters. The van der Waals surface area contributed by atoms with Crippen molar-refractivity contribution in [1.29, 1.82) is 0 Å². The van der Waals surface area contributed by atoms with Crippen LogP contribution in [0.2, 0.25) is 5.02 Å². The van der Waals surface area contributed by atoms with Crippen LogP contribution in [-0.4, -0.2) is 10.9 Å². The van der Waals surface area contributed by atoms with Gasteiger partial charge in [-0.05, 0) is 24.1 Å². The summed E-state index contributed by atoms with van der Waals surface area (Å²) in [4.78, 5) is 12.4. The van der Waals surface area contributed by atoms with Gasteiger partial charge in [-0.3, -0.25) is 4.79 Å². The van der Waals surface area contributed by atoms with Gasteiger partial charge in [0.25, 0.3) is 0 Å². The first-order valence-corrected chi connectivity index (χ1v) is 8.19. The molecule has 0 aliphatic carbocycles. The van der Waals surface area contributed by atoms with Gasteiger partial charge in [0.05, 0.1) is 5.38 Å². The zero-order valence-electron chi connectivity index (χ0n) is 12.9. The largest absolute Gasteiger partial charge is 0.360 e. The van der Waals surface area contributed by atoms with Crippen LogP contribution in [-0.2, 0) is 6.42 Å². The van der Waals surface area contributed by atoms with Gasteiger partial charge in [0.1, 0.15) is 5.76 Å². The van der Waals surface area contributed by atoms with Gasteiger partial charge in [0.2, 0.25) is 0 Å². The Balaban J connectivity index is 2.48. The zero-order valence-corrected chi connectivity index (χ0v) is 14.4. The Labute approximate surface area is 140 Å². The molecule has 0 N–H and O–H groups in total. The fourth-order valence-electron chi connectivity index (χ4n) is 2.25. The lowest BCUT2D eigenvalue weighted by molar-refractivity contribution is 0.0929. The highest BCUT2D eigenvalue weighted by atomic mass is 35.5. The molecule has 22 heavy (non-hydrogen) atoms. The predicted octanol–water partition coefficient (Wildman–Crippen LogP) is 5.45. The summed E-state index contributed by atoms with van der Waals surface area (Å²) in [6.45, 7) is 5.72. The lowest BCUT2D eigenvalue weighted by Gasteiger charge is -2.12. The molecule has 3 nitrogen and oxygen atoms in total. The number of Topliss-reactive ketones (excluding diaryl/α,β-unsaturated/α-hetero) is 1. The van der Waals surface area contributed by atoms with Crippen molar-refractivity contribution in [3.63, 3.8) is 0 Å². The minimum Gasteiger partial charge on any atom is -0.360 e. The van der Waals surface area contributed by atoms with Gasteiger partial charge in [0, 0.05) is 22.9 Å². The molecule has 1 aromatic carbocycles. The van der Waals surface area contributed by atoms with Gasteiger partial charge < -0.3 is 4.52 Å². The molecule has 1 aromatic heterocycles. The average molecular weight is 340 g/mol. The Kier molecular flexibility index (Phi) is 5.65. The van der Waals surface area contributed by atoms with Crippen LogP contribution in [0, 0.1) is 5.92 Å². The topological polar surface area (TPSA) is 43.1 Å². The third-order valence-electron chi connectivity index (χ3n) is 3.45. The van der Waals surface area contributed by atoms with Crippen LogP contribution < -0.4 is 0 Å². The van der Waals surface area contributed by atoms with E-state index in [9.17, 15) is 4.79 Å². The molecule has 0 spiro atoms. The maximum atomic E-state index is 12.4. The summed E-state index contributed by atoms with van der Waals surface area (Å²) in [7, 11) is 0. The van der Waals surface area contributed by atoms with Gasteiger partial charge in [-0.1, -0.05) is 49.7 Å². The molecule has 0 amide bonds. The first-order valence-electron chi connectivity index (χ1n) is 7.37. The third-order valence-corrected chi connectivity index (χ3v) is 4.18. The molecule has 0 bridgehead atoms. The van der Waals surface area contributed by atoms with Crippen molar-refractivity contribution >= 4 is 29.0 Å². The highest BCUT2D eigenvalue weighted by Crippen LogP contribution is 2.35. The number of carbonyl (C=O) groups is 1. The van der Waals surface area contributed by atoms with E-state index < -0.39 is 5.38 Å². The number of ketones is 1. The van der Waals surface area contributed by atoms with Crippen LogP contribution in [0.25, 0.3) is 0 Å². The number of benzene rings is 1. The number of carbonyl (C=O) groups excluding carboxylic acids is 1. The Morgan fingerprint density at radius 2 is 1.91 bits per heavy atom. The fraction of sp³-hybridized carbons (Fsp3) is 0.412. The Morgan fingerprint density at radius 1 is 1.27 bits per heavy atom. The van der Waals surface area contributed by atoms with Crippen LogP contribution in [0.5, 0.6) is 0 Å². The van der Waals surface area contributed by atoms with E-state index in [2.05, 4.69) is 5.16 Å². The standard InChI is InChI=1S/C17H19Cl2NO2/c1-4-5-13-14(16(20-22-13)17(21)10(2)3)15(19)11-6-8-12(18)9-7-11/h6-10,15H,4-5H2,1-3H3. The van der Waals surface area contributed by atoms with E-state index in [1.165, 1.54) is 0 Å². The highest BCUT2D eigenvalue weighted by molar-refractivity contribution is 6.30. The van der Waals surface area contributed by atoms with Crippen LogP contribution in [0.3, 0.4) is 0 Å². The van der Waals surface area contributed by atoms with Crippen molar-refractivity contribution in [2.75, 3.05) is 0 Å². The average Bonchev–Trinajstić information content (AvgIpc) is 2.90. The molecule has 0 radical (unpaired) electrons. The lowest BCUT2D eigenvalue weighted by Crippen LogP contribution is -2.12. The summed E-state index contributed by atoms with van der Waals surface area (Å²) in [5.41, 5.74) is 1.89. The van der Waals surface area contributed by atoms with Crippen LogP contribution in [0.4, 0.5) is 0 Å². The molecule has 1 unspecified atom stereocenters. The minimum atomic E-state index is -0.484. The van der Waals surface area contributed by atoms with E-state index in [1.54, 1.807) is 12.1 Å². The van der Waals surface area contributed by atoms with E-state index in [-0.39, 0.29) is 11.7 Å². The number of alkyl halides is 1. The van der Waals surface area contributed by atoms with E-state index in [4.69, 9.17) is 27.7 Å². The van der Waals surface area contributed by atoms with E-state index in [1.807, 2.05) is 32.9 Å². The highest BCUT2D eigenvalue weighted by Gasteiger charge is 2.28. The Hall–Kier alpha value is -1.32. The monoisotopic (exact) mass is 339 g/mol. The summed E-state index contributed by atoms with van der Waals surface area (Å²) >= 11 is 12.5. The first kappa shape index (κ1) is 17.0.